The molecule has 2 N–H and O–H groups in total. The molecule has 1 aromatic heterocycles. The maximum atomic E-state index is 11.4. The molecule has 0 fully saturated rings. The highest BCUT2D eigenvalue weighted by Gasteiger charge is 2.21. The van der Waals surface area contributed by atoms with Crippen LogP contribution < -0.4 is 15.9 Å². The van der Waals surface area contributed by atoms with Gasteiger partial charge in [0, 0.05) is 5.41 Å². The fourth-order valence-corrected chi connectivity index (χ4v) is 2.01. The second kappa shape index (κ2) is 7.25. The van der Waals surface area contributed by atoms with Crippen molar-refractivity contribution in [2.45, 2.75) is 46.1 Å². The predicted octanol–water partition coefficient (Wildman–Crippen LogP) is 2.70. The topological polar surface area (TPSA) is 92.3 Å². The first-order valence-corrected chi connectivity index (χ1v) is 7.78. The van der Waals surface area contributed by atoms with Crippen molar-refractivity contribution in [1.29, 1.82) is 0 Å². The zero-order valence-electron chi connectivity index (χ0n) is 14.6. The van der Waals surface area contributed by atoms with E-state index in [4.69, 9.17) is 4.74 Å². The van der Waals surface area contributed by atoms with Gasteiger partial charge in [-0.3, -0.25) is 5.43 Å². The summed E-state index contributed by atoms with van der Waals surface area (Å²) in [7, 11) is 0. The molecule has 0 atom stereocenters. The van der Waals surface area contributed by atoms with Crippen LogP contribution in [0.2, 0.25) is 0 Å². The molecule has 0 unspecified atom stereocenters. The first kappa shape index (κ1) is 17.7. The second-order valence-electron chi connectivity index (χ2n) is 6.69. The molecule has 0 saturated carbocycles. The van der Waals surface area contributed by atoms with E-state index in [1.54, 1.807) is 6.21 Å². The average Bonchev–Trinajstić information content (AvgIpc) is 2.47. The molecule has 0 amide bonds. The highest BCUT2D eigenvalue weighted by molar-refractivity contribution is 5.80. The van der Waals surface area contributed by atoms with E-state index in [-0.39, 0.29) is 11.5 Å². The number of hydrogen-bond acceptors (Lipinski definition) is 6. The van der Waals surface area contributed by atoms with Crippen LogP contribution in [0.1, 0.15) is 45.9 Å². The summed E-state index contributed by atoms with van der Waals surface area (Å²) in [6, 6.07) is 7.57. The first-order chi connectivity index (χ1) is 11.3. The SMILES string of the molecule is CC(C)Oc1ccc(/C=N/Nc2nc(=O)[nH]nc2C(C)(C)C)cc1. The zero-order valence-corrected chi connectivity index (χ0v) is 14.6. The van der Waals surface area contributed by atoms with E-state index in [1.165, 1.54) is 0 Å². The van der Waals surface area contributed by atoms with Crippen molar-refractivity contribution in [2.75, 3.05) is 5.43 Å². The van der Waals surface area contributed by atoms with E-state index in [9.17, 15) is 4.79 Å². The number of hydrazone groups is 1. The van der Waals surface area contributed by atoms with Crippen LogP contribution in [0.5, 0.6) is 5.75 Å². The van der Waals surface area contributed by atoms with Crippen LogP contribution >= 0.6 is 0 Å². The van der Waals surface area contributed by atoms with Crippen LogP contribution in [0.4, 0.5) is 5.82 Å². The number of nitrogens with zero attached hydrogens (tertiary/aromatic N) is 3. The Kier molecular flexibility index (Phi) is 5.33. The summed E-state index contributed by atoms with van der Waals surface area (Å²) < 4.78 is 5.59. The molecule has 0 aliphatic rings. The molecule has 1 heterocycles. The van der Waals surface area contributed by atoms with Crippen LogP contribution in [0.3, 0.4) is 0 Å². The lowest BCUT2D eigenvalue weighted by molar-refractivity contribution is 0.242. The number of ether oxygens (including phenoxy) is 1. The van der Waals surface area contributed by atoms with Gasteiger partial charge in [0.05, 0.1) is 12.3 Å². The Bertz CT molecular complexity index is 758. The van der Waals surface area contributed by atoms with Gasteiger partial charge in [0.2, 0.25) is 0 Å². The second-order valence-corrected chi connectivity index (χ2v) is 6.69. The fraction of sp³-hybridized carbons (Fsp3) is 0.412. The third kappa shape index (κ3) is 4.91. The number of H-pyrrole nitrogens is 1. The van der Waals surface area contributed by atoms with E-state index in [0.717, 1.165) is 11.3 Å². The Balaban J connectivity index is 2.12. The van der Waals surface area contributed by atoms with Crippen LogP contribution in [-0.4, -0.2) is 27.5 Å². The Morgan fingerprint density at radius 3 is 2.50 bits per heavy atom. The summed E-state index contributed by atoms with van der Waals surface area (Å²) in [5.41, 5.74) is 3.55. The molecule has 0 spiro atoms. The average molecular weight is 329 g/mol. The lowest BCUT2D eigenvalue weighted by Crippen LogP contribution is -2.24. The van der Waals surface area contributed by atoms with Gasteiger partial charge in [-0.25, -0.2) is 9.89 Å². The predicted molar refractivity (Wildman–Crippen MR) is 94.8 cm³/mol. The normalized spacial score (nSPS) is 11.9. The molecule has 7 heteroatoms. The quantitative estimate of drug-likeness (QED) is 0.650. The number of nitrogens with one attached hydrogen (secondary N) is 2. The smallest absolute Gasteiger partial charge is 0.363 e. The minimum absolute atomic E-state index is 0.136. The lowest BCUT2D eigenvalue weighted by Gasteiger charge is -2.18. The number of anilines is 1. The van der Waals surface area contributed by atoms with Gasteiger partial charge in [0.15, 0.2) is 5.82 Å². The maximum absolute atomic E-state index is 11.4. The van der Waals surface area contributed by atoms with Gasteiger partial charge in [-0.05, 0) is 43.7 Å². The third-order valence-corrected chi connectivity index (χ3v) is 3.05. The minimum Gasteiger partial charge on any atom is -0.491 e. The molecule has 7 nitrogen and oxygen atoms in total. The number of hydrogen-bond donors (Lipinski definition) is 2. The highest BCUT2D eigenvalue weighted by Crippen LogP contribution is 2.24. The van der Waals surface area contributed by atoms with Gasteiger partial charge in [0.1, 0.15) is 11.4 Å². The monoisotopic (exact) mass is 329 g/mol. The van der Waals surface area contributed by atoms with E-state index in [2.05, 4.69) is 25.7 Å². The molecule has 0 radical (unpaired) electrons. The Morgan fingerprint density at radius 2 is 1.92 bits per heavy atom. The van der Waals surface area contributed by atoms with Gasteiger partial charge < -0.3 is 4.74 Å². The fourth-order valence-electron chi connectivity index (χ4n) is 2.01. The Labute approximate surface area is 141 Å². The van der Waals surface area contributed by atoms with Gasteiger partial charge in [-0.15, -0.1) is 0 Å². The standard InChI is InChI=1S/C17H23N5O2/c1-11(2)24-13-8-6-12(7-9-13)10-18-21-15-14(17(3,4)5)20-22-16(23)19-15/h6-11H,1-5H3,(H2,19,21,22,23)/b18-10+. The van der Waals surface area contributed by atoms with Crippen molar-refractivity contribution < 1.29 is 4.74 Å². The van der Waals surface area contributed by atoms with Crippen LogP contribution in [0, 0.1) is 0 Å². The number of benzene rings is 1. The van der Waals surface area contributed by atoms with E-state index in [1.807, 2.05) is 58.9 Å². The zero-order chi connectivity index (χ0) is 17.7. The Morgan fingerprint density at radius 1 is 1.25 bits per heavy atom. The number of aromatic nitrogens is 3. The molecular formula is C17H23N5O2. The van der Waals surface area contributed by atoms with Crippen molar-refractivity contribution in [3.63, 3.8) is 0 Å². The molecule has 24 heavy (non-hydrogen) atoms. The molecule has 2 rings (SSSR count). The molecule has 0 aliphatic carbocycles. The van der Waals surface area contributed by atoms with Gasteiger partial charge in [0.25, 0.3) is 0 Å². The number of aromatic amines is 1. The molecule has 0 saturated heterocycles. The van der Waals surface area contributed by atoms with Crippen molar-refractivity contribution >= 4 is 12.0 Å². The first-order valence-electron chi connectivity index (χ1n) is 7.78. The van der Waals surface area contributed by atoms with Gasteiger partial charge in [-0.1, -0.05) is 20.8 Å². The summed E-state index contributed by atoms with van der Waals surface area (Å²) in [4.78, 5) is 15.3. The third-order valence-electron chi connectivity index (χ3n) is 3.05. The lowest BCUT2D eigenvalue weighted by atomic mass is 9.92. The van der Waals surface area contributed by atoms with Crippen molar-refractivity contribution in [2.24, 2.45) is 5.10 Å². The molecule has 128 valence electrons. The van der Waals surface area contributed by atoms with E-state index >= 15 is 0 Å². The highest BCUT2D eigenvalue weighted by atomic mass is 16.5. The summed E-state index contributed by atoms with van der Waals surface area (Å²) >= 11 is 0. The van der Waals surface area contributed by atoms with Crippen molar-refractivity contribution in [3.8, 4) is 5.75 Å². The summed E-state index contributed by atoms with van der Waals surface area (Å²) in [5.74, 6) is 1.16. The molecule has 2 aromatic rings. The summed E-state index contributed by atoms with van der Waals surface area (Å²) in [5, 5.41) is 10.6. The van der Waals surface area contributed by atoms with Crippen LogP contribution in [0.15, 0.2) is 34.2 Å². The molecular weight excluding hydrogens is 306 g/mol. The van der Waals surface area contributed by atoms with Crippen LogP contribution in [-0.2, 0) is 5.41 Å². The maximum Gasteiger partial charge on any atom is 0.363 e. The van der Waals surface area contributed by atoms with Crippen molar-refractivity contribution in [3.05, 3.63) is 46.0 Å². The van der Waals surface area contributed by atoms with E-state index < -0.39 is 5.69 Å². The molecule has 1 aromatic carbocycles. The summed E-state index contributed by atoms with van der Waals surface area (Å²) in [6.45, 7) is 9.91. The Hall–Kier alpha value is -2.70. The molecule has 0 aliphatic heterocycles. The van der Waals surface area contributed by atoms with Gasteiger partial charge in [-0.2, -0.15) is 15.2 Å². The van der Waals surface area contributed by atoms with E-state index in [0.29, 0.717) is 11.5 Å². The molecule has 0 bridgehead atoms. The van der Waals surface area contributed by atoms with Gasteiger partial charge >= 0.3 is 5.69 Å². The number of rotatable bonds is 5. The van der Waals surface area contributed by atoms with Crippen LogP contribution in [0.25, 0.3) is 0 Å². The summed E-state index contributed by atoms with van der Waals surface area (Å²) in [6.07, 6.45) is 1.78. The largest absolute Gasteiger partial charge is 0.491 e. The minimum atomic E-state index is -0.518. The van der Waals surface area contributed by atoms with Crippen molar-refractivity contribution in [1.82, 2.24) is 15.2 Å².